The Morgan fingerprint density at radius 3 is 2.00 bits per heavy atom. The quantitative estimate of drug-likeness (QED) is 0.546. The molecule has 11 heavy (non-hydrogen) atoms. The highest BCUT2D eigenvalue weighted by molar-refractivity contribution is 5.98. The summed E-state index contributed by atoms with van der Waals surface area (Å²) in [5.74, 6) is 0. The summed E-state index contributed by atoms with van der Waals surface area (Å²) >= 11 is 0. The summed E-state index contributed by atoms with van der Waals surface area (Å²) in [6, 6.07) is 0. The molecule has 0 amide bonds. The molecule has 1 fully saturated rings. The van der Waals surface area contributed by atoms with E-state index >= 15 is 0 Å². The molecular weight excluding hydrogens is 152 g/mol. The molecule has 1 saturated carbocycles. The summed E-state index contributed by atoms with van der Waals surface area (Å²) in [4.78, 5) is 0. The van der Waals surface area contributed by atoms with Crippen LogP contribution >= 0.6 is 0 Å². The monoisotopic (exact) mass is 172 g/mol. The largest absolute Gasteiger partial charge is 0.422 e. The van der Waals surface area contributed by atoms with Crippen LogP contribution in [0.1, 0.15) is 46.5 Å². The number of rotatable bonds is 1. The molecule has 0 aliphatic heterocycles. The molecule has 1 aliphatic carbocycles. The van der Waals surface area contributed by atoms with E-state index in [0.717, 1.165) is 10.5 Å². The van der Waals surface area contributed by atoms with Gasteiger partial charge in [0.2, 0.25) is 0 Å². The molecule has 1 aliphatic rings. The fourth-order valence-corrected chi connectivity index (χ4v) is 2.77. The second-order valence-electron chi connectivity index (χ2n) is 4.53. The van der Waals surface area contributed by atoms with Gasteiger partial charge >= 0.3 is 0 Å². The van der Waals surface area contributed by atoms with Gasteiger partial charge in [-0.3, -0.25) is 0 Å². The molecule has 0 aromatic carbocycles. The van der Waals surface area contributed by atoms with E-state index in [4.69, 9.17) is 4.43 Å². The van der Waals surface area contributed by atoms with Gasteiger partial charge in [0.1, 0.15) is 10.5 Å². The van der Waals surface area contributed by atoms with Crippen LogP contribution in [0.15, 0.2) is 0 Å². The zero-order chi connectivity index (χ0) is 8.54. The van der Waals surface area contributed by atoms with Crippen LogP contribution in [-0.2, 0) is 4.43 Å². The molecule has 1 nitrogen and oxygen atoms in total. The Morgan fingerprint density at radius 2 is 1.64 bits per heavy atom. The molecule has 0 aromatic rings. The first-order valence-electron chi connectivity index (χ1n) is 4.57. The van der Waals surface area contributed by atoms with Gasteiger partial charge in [0, 0.05) is 0 Å². The smallest absolute Gasteiger partial charge is 0.146 e. The Bertz CT molecular complexity index is 144. The summed E-state index contributed by atoms with van der Waals surface area (Å²) in [5, 5.41) is 0. The summed E-state index contributed by atoms with van der Waals surface area (Å²) < 4.78 is 5.73. The second-order valence-corrected chi connectivity index (χ2v) is 4.93. The first kappa shape index (κ1) is 9.27. The van der Waals surface area contributed by atoms with Crippen molar-refractivity contribution in [2.75, 3.05) is 0 Å². The Balaban J connectivity index is 2.74. The third kappa shape index (κ3) is 1.52. The van der Waals surface area contributed by atoms with Gasteiger partial charge in [0.25, 0.3) is 0 Å². The van der Waals surface area contributed by atoms with E-state index < -0.39 is 0 Å². The van der Waals surface area contributed by atoms with Gasteiger partial charge in [-0.15, -0.1) is 0 Å². The van der Waals surface area contributed by atoms with Crippen LogP contribution in [0.3, 0.4) is 0 Å². The fourth-order valence-electron chi connectivity index (χ4n) is 2.01. The third-order valence-electron chi connectivity index (χ3n) is 3.59. The number of hydrogen-bond acceptors (Lipinski definition) is 1. The second kappa shape index (κ2) is 2.90. The highest BCUT2D eigenvalue weighted by Gasteiger charge is 2.42. The van der Waals surface area contributed by atoms with Crippen LogP contribution in [0.4, 0.5) is 0 Å². The van der Waals surface area contributed by atoms with Gasteiger partial charge in [-0.05, 0) is 25.2 Å². The predicted molar refractivity (Wildman–Crippen MR) is 51.7 cm³/mol. The number of hydrogen-bond donors (Lipinski definition) is 0. The molecular formula is C9H20OSi. The average Bonchev–Trinajstić information content (AvgIpc) is 1.95. The lowest BCUT2D eigenvalue weighted by Gasteiger charge is -2.47. The maximum absolute atomic E-state index is 5.73. The molecule has 0 saturated heterocycles. The van der Waals surface area contributed by atoms with Crippen molar-refractivity contribution >= 4 is 10.5 Å². The summed E-state index contributed by atoms with van der Waals surface area (Å²) in [6.07, 6.45) is 5.31. The molecule has 0 heterocycles. The minimum atomic E-state index is 0.178. The van der Waals surface area contributed by atoms with Gasteiger partial charge in [0.05, 0.1) is 5.60 Å². The van der Waals surface area contributed by atoms with Crippen molar-refractivity contribution in [2.45, 2.75) is 52.1 Å². The maximum Gasteiger partial charge on any atom is 0.146 e. The first-order valence-corrected chi connectivity index (χ1v) is 5.39. The average molecular weight is 172 g/mol. The predicted octanol–water partition coefficient (Wildman–Crippen LogP) is 1.64. The van der Waals surface area contributed by atoms with Gasteiger partial charge in [0.15, 0.2) is 0 Å². The minimum absolute atomic E-state index is 0.178. The Labute approximate surface area is 73.1 Å². The fraction of sp³-hybridized carbons (Fsp3) is 1.00. The molecule has 1 atom stereocenters. The van der Waals surface area contributed by atoms with Crippen LogP contribution in [-0.4, -0.2) is 16.1 Å². The van der Waals surface area contributed by atoms with E-state index in [1.54, 1.807) is 0 Å². The van der Waals surface area contributed by atoms with Crippen molar-refractivity contribution in [3.63, 3.8) is 0 Å². The van der Waals surface area contributed by atoms with Crippen molar-refractivity contribution in [1.82, 2.24) is 0 Å². The van der Waals surface area contributed by atoms with Crippen LogP contribution in [0.25, 0.3) is 0 Å². The van der Waals surface area contributed by atoms with Gasteiger partial charge < -0.3 is 4.43 Å². The van der Waals surface area contributed by atoms with E-state index in [1.165, 1.54) is 25.7 Å². The van der Waals surface area contributed by atoms with Crippen LogP contribution in [0, 0.1) is 5.41 Å². The Hall–Kier alpha value is 0.177. The zero-order valence-corrected chi connectivity index (χ0v) is 10.2. The van der Waals surface area contributed by atoms with Gasteiger partial charge in [-0.1, -0.05) is 26.7 Å². The van der Waals surface area contributed by atoms with E-state index in [-0.39, 0.29) is 5.60 Å². The molecule has 1 unspecified atom stereocenters. The van der Waals surface area contributed by atoms with E-state index in [1.807, 2.05) is 0 Å². The lowest BCUT2D eigenvalue weighted by atomic mass is 9.66. The van der Waals surface area contributed by atoms with Crippen LogP contribution in [0.2, 0.25) is 0 Å². The molecule has 0 aromatic heterocycles. The van der Waals surface area contributed by atoms with Crippen molar-refractivity contribution in [3.05, 3.63) is 0 Å². The molecule has 0 bridgehead atoms. The van der Waals surface area contributed by atoms with E-state index in [9.17, 15) is 0 Å². The molecule has 2 heteroatoms. The topological polar surface area (TPSA) is 9.23 Å². The molecule has 0 radical (unpaired) electrons. The van der Waals surface area contributed by atoms with E-state index in [0.29, 0.717) is 5.41 Å². The Morgan fingerprint density at radius 1 is 1.09 bits per heavy atom. The molecule has 1 rings (SSSR count). The molecule has 0 spiro atoms. The van der Waals surface area contributed by atoms with Crippen molar-refractivity contribution in [2.24, 2.45) is 5.41 Å². The lowest BCUT2D eigenvalue weighted by Crippen LogP contribution is -2.46. The van der Waals surface area contributed by atoms with Gasteiger partial charge in [-0.2, -0.15) is 0 Å². The highest BCUT2D eigenvalue weighted by Crippen LogP contribution is 2.45. The summed E-state index contributed by atoms with van der Waals surface area (Å²) in [5.41, 5.74) is 0.574. The SMILES string of the molecule is CC1(C)CCCCC1(C)O[SiH3]. The van der Waals surface area contributed by atoms with Crippen molar-refractivity contribution in [3.8, 4) is 0 Å². The van der Waals surface area contributed by atoms with E-state index in [2.05, 4.69) is 20.8 Å². The maximum atomic E-state index is 5.73. The summed E-state index contributed by atoms with van der Waals surface area (Å²) in [6.45, 7) is 6.95. The third-order valence-corrected chi connectivity index (χ3v) is 4.49. The first-order chi connectivity index (χ1) is 5.02. The zero-order valence-electron chi connectivity index (χ0n) is 8.24. The molecule has 66 valence electrons. The Kier molecular flexibility index (Phi) is 2.45. The standard InChI is InChI=1S/C9H20OSi/c1-8(2)6-4-5-7-9(8,3)10-11/h4-7H2,1-3,11H3. The normalized spacial score (nSPS) is 37.4. The highest BCUT2D eigenvalue weighted by atomic mass is 28.2. The van der Waals surface area contributed by atoms with Crippen molar-refractivity contribution < 1.29 is 4.43 Å². The lowest BCUT2D eigenvalue weighted by molar-refractivity contribution is -0.0546. The van der Waals surface area contributed by atoms with Crippen LogP contribution < -0.4 is 0 Å². The van der Waals surface area contributed by atoms with Crippen molar-refractivity contribution in [1.29, 1.82) is 0 Å². The summed E-state index contributed by atoms with van der Waals surface area (Å²) in [7, 11) is 0.876. The molecule has 0 N–H and O–H groups in total. The minimum Gasteiger partial charge on any atom is -0.422 e. The van der Waals surface area contributed by atoms with Gasteiger partial charge in [-0.25, -0.2) is 0 Å². The van der Waals surface area contributed by atoms with Crippen LogP contribution in [0.5, 0.6) is 0 Å².